The number of nitrogens with one attached hydrogen (secondary N) is 1. The van der Waals surface area contributed by atoms with E-state index in [-0.39, 0.29) is 22.8 Å². The van der Waals surface area contributed by atoms with Gasteiger partial charge in [0.25, 0.3) is 0 Å². The standard InChI is InChI=1S/C22H28F2N2O3/c1-2-28-18-5-3-4-17(20(18)29-21(23)24)13-25-26-19(27)12-22-9-14-6-15(10-22)8-16(7-14)11-22/h3-5,13-16,21H,2,6-12H2,1H3,(H,26,27)/b25-13-. The predicted octanol–water partition coefficient (Wildman–Crippen LogP) is 4.74. The number of nitrogens with zero attached hydrogens (tertiary/aromatic N) is 1. The minimum absolute atomic E-state index is 0.0802. The molecule has 1 N–H and O–H groups in total. The molecule has 0 aliphatic heterocycles. The Bertz CT molecular complexity index is 746. The van der Waals surface area contributed by atoms with E-state index in [1.54, 1.807) is 25.1 Å². The summed E-state index contributed by atoms with van der Waals surface area (Å²) in [6, 6.07) is 4.82. The van der Waals surface area contributed by atoms with Crippen LogP contribution in [0.25, 0.3) is 0 Å². The van der Waals surface area contributed by atoms with Crippen molar-refractivity contribution >= 4 is 12.1 Å². The number of amides is 1. The molecule has 0 radical (unpaired) electrons. The Morgan fingerprint density at radius 1 is 1.24 bits per heavy atom. The van der Waals surface area contributed by atoms with E-state index < -0.39 is 6.61 Å². The molecule has 158 valence electrons. The van der Waals surface area contributed by atoms with Crippen LogP contribution in [0.2, 0.25) is 0 Å². The van der Waals surface area contributed by atoms with E-state index in [9.17, 15) is 13.6 Å². The summed E-state index contributed by atoms with van der Waals surface area (Å²) in [6.07, 6.45) is 9.29. The summed E-state index contributed by atoms with van der Waals surface area (Å²) in [6.45, 7) is -0.894. The van der Waals surface area contributed by atoms with Crippen LogP contribution in [0.4, 0.5) is 8.78 Å². The Kier molecular flexibility index (Phi) is 5.74. The number of carbonyl (C=O) groups excluding carboxylic acids is 1. The highest BCUT2D eigenvalue weighted by Gasteiger charge is 2.51. The first-order chi connectivity index (χ1) is 14.0. The van der Waals surface area contributed by atoms with Gasteiger partial charge in [0.15, 0.2) is 11.5 Å². The van der Waals surface area contributed by atoms with Crippen LogP contribution in [0.15, 0.2) is 23.3 Å². The van der Waals surface area contributed by atoms with Crippen molar-refractivity contribution in [3.05, 3.63) is 23.8 Å². The third-order valence-corrected chi connectivity index (χ3v) is 6.61. The summed E-state index contributed by atoms with van der Waals surface area (Å²) in [7, 11) is 0. The van der Waals surface area contributed by atoms with Gasteiger partial charge in [-0.2, -0.15) is 13.9 Å². The van der Waals surface area contributed by atoms with Crippen LogP contribution in [0.5, 0.6) is 11.5 Å². The number of rotatable bonds is 8. The molecule has 0 unspecified atom stereocenters. The van der Waals surface area contributed by atoms with E-state index in [0.29, 0.717) is 18.6 Å². The van der Waals surface area contributed by atoms with E-state index >= 15 is 0 Å². The smallest absolute Gasteiger partial charge is 0.387 e. The molecule has 1 aromatic rings. The lowest BCUT2D eigenvalue weighted by Crippen LogP contribution is -2.47. The van der Waals surface area contributed by atoms with Gasteiger partial charge in [-0.1, -0.05) is 6.07 Å². The molecule has 0 spiro atoms. The minimum atomic E-state index is -2.98. The summed E-state index contributed by atoms with van der Waals surface area (Å²) in [5.41, 5.74) is 3.04. The second-order valence-electron chi connectivity index (χ2n) is 8.87. The Labute approximate surface area is 169 Å². The lowest BCUT2D eigenvalue weighted by molar-refractivity contribution is -0.129. The molecule has 1 aromatic carbocycles. The van der Waals surface area contributed by atoms with E-state index in [4.69, 9.17) is 4.74 Å². The summed E-state index contributed by atoms with van der Waals surface area (Å²) in [5.74, 6) is 2.38. The molecule has 5 rings (SSSR count). The maximum Gasteiger partial charge on any atom is 0.387 e. The van der Waals surface area contributed by atoms with Crippen molar-refractivity contribution in [2.24, 2.45) is 28.3 Å². The van der Waals surface area contributed by atoms with Gasteiger partial charge in [0.1, 0.15) is 0 Å². The molecule has 0 saturated heterocycles. The fourth-order valence-corrected chi connectivity index (χ4v) is 6.18. The Balaban J connectivity index is 1.40. The Morgan fingerprint density at radius 2 is 1.90 bits per heavy atom. The molecule has 5 nitrogen and oxygen atoms in total. The highest BCUT2D eigenvalue weighted by molar-refractivity contribution is 5.86. The van der Waals surface area contributed by atoms with Gasteiger partial charge in [-0.15, -0.1) is 0 Å². The van der Waals surface area contributed by atoms with E-state index in [1.807, 2.05) is 0 Å². The monoisotopic (exact) mass is 406 g/mol. The number of carbonyl (C=O) groups is 1. The van der Waals surface area contributed by atoms with Gasteiger partial charge in [0, 0.05) is 12.0 Å². The van der Waals surface area contributed by atoms with Crippen molar-refractivity contribution < 1.29 is 23.0 Å². The molecule has 29 heavy (non-hydrogen) atoms. The number of hydrogen-bond donors (Lipinski definition) is 1. The number of hydrazone groups is 1. The fourth-order valence-electron chi connectivity index (χ4n) is 6.18. The normalized spacial score (nSPS) is 30.1. The number of alkyl halides is 2. The van der Waals surface area contributed by atoms with Crippen LogP contribution >= 0.6 is 0 Å². The first kappa shape index (κ1) is 20.1. The van der Waals surface area contributed by atoms with Gasteiger partial charge in [-0.05, 0) is 80.8 Å². The van der Waals surface area contributed by atoms with Crippen LogP contribution in [0.3, 0.4) is 0 Å². The molecule has 4 saturated carbocycles. The molecule has 1 amide bonds. The van der Waals surface area contributed by atoms with Crippen LogP contribution in [-0.4, -0.2) is 25.3 Å². The minimum Gasteiger partial charge on any atom is -0.490 e. The largest absolute Gasteiger partial charge is 0.490 e. The summed E-state index contributed by atoms with van der Waals surface area (Å²) in [4.78, 5) is 12.5. The van der Waals surface area contributed by atoms with Crippen molar-refractivity contribution in [3.8, 4) is 11.5 Å². The van der Waals surface area contributed by atoms with Gasteiger partial charge in [0.05, 0.1) is 12.8 Å². The average molecular weight is 406 g/mol. The summed E-state index contributed by atoms with van der Waals surface area (Å²) >= 11 is 0. The second kappa shape index (κ2) is 8.28. The lowest BCUT2D eigenvalue weighted by Gasteiger charge is -2.56. The number of halogens is 2. The molecule has 0 aromatic heterocycles. The maximum absolute atomic E-state index is 12.8. The maximum atomic E-state index is 12.8. The molecule has 0 atom stereocenters. The van der Waals surface area contributed by atoms with Crippen molar-refractivity contribution in [2.75, 3.05) is 6.61 Å². The highest BCUT2D eigenvalue weighted by Crippen LogP contribution is 2.61. The van der Waals surface area contributed by atoms with Gasteiger partial charge >= 0.3 is 6.61 Å². The van der Waals surface area contributed by atoms with Gasteiger partial charge in [0.2, 0.25) is 5.91 Å². The van der Waals surface area contributed by atoms with Crippen molar-refractivity contribution in [1.29, 1.82) is 0 Å². The first-order valence-corrected chi connectivity index (χ1v) is 10.5. The predicted molar refractivity (Wildman–Crippen MR) is 105 cm³/mol. The van der Waals surface area contributed by atoms with E-state index in [1.165, 1.54) is 25.5 Å². The Morgan fingerprint density at radius 3 is 2.48 bits per heavy atom. The summed E-state index contributed by atoms with van der Waals surface area (Å²) < 4.78 is 35.6. The lowest BCUT2D eigenvalue weighted by atomic mass is 9.49. The number of para-hydroxylation sites is 1. The second-order valence-corrected chi connectivity index (χ2v) is 8.87. The zero-order valence-corrected chi connectivity index (χ0v) is 16.7. The number of benzene rings is 1. The van der Waals surface area contributed by atoms with Crippen molar-refractivity contribution in [2.45, 2.75) is 58.5 Å². The molecule has 4 fully saturated rings. The van der Waals surface area contributed by atoms with Crippen LogP contribution < -0.4 is 14.9 Å². The zero-order chi connectivity index (χ0) is 20.4. The number of hydrogen-bond acceptors (Lipinski definition) is 4. The first-order valence-electron chi connectivity index (χ1n) is 10.5. The fraction of sp³-hybridized carbons (Fsp3) is 0.636. The SMILES string of the molecule is CCOc1cccc(/C=N\NC(=O)CC23CC4CC(CC(C4)C2)C3)c1OC(F)F. The zero-order valence-electron chi connectivity index (χ0n) is 16.7. The highest BCUT2D eigenvalue weighted by atomic mass is 19.3. The summed E-state index contributed by atoms with van der Waals surface area (Å²) in [5, 5.41) is 4.00. The Hall–Kier alpha value is -2.18. The van der Waals surface area contributed by atoms with Crippen LogP contribution in [-0.2, 0) is 4.79 Å². The molecule has 4 aliphatic carbocycles. The van der Waals surface area contributed by atoms with Gasteiger partial charge in [-0.3, -0.25) is 4.79 Å². The molecule has 7 heteroatoms. The molecular formula is C22H28F2N2O3. The van der Waals surface area contributed by atoms with Crippen LogP contribution in [0, 0.1) is 23.2 Å². The topological polar surface area (TPSA) is 59.9 Å². The number of ether oxygens (including phenoxy) is 2. The van der Waals surface area contributed by atoms with Crippen molar-refractivity contribution in [1.82, 2.24) is 5.43 Å². The van der Waals surface area contributed by atoms with Crippen LogP contribution in [0.1, 0.15) is 57.4 Å². The molecular weight excluding hydrogens is 378 g/mol. The quantitative estimate of drug-likeness (QED) is 0.501. The molecule has 4 aliphatic rings. The van der Waals surface area contributed by atoms with E-state index in [0.717, 1.165) is 37.0 Å². The van der Waals surface area contributed by atoms with Gasteiger partial charge < -0.3 is 9.47 Å². The van der Waals surface area contributed by atoms with E-state index in [2.05, 4.69) is 15.3 Å². The van der Waals surface area contributed by atoms with Crippen molar-refractivity contribution in [3.63, 3.8) is 0 Å². The average Bonchev–Trinajstić information content (AvgIpc) is 2.62. The molecule has 4 bridgehead atoms. The third kappa shape index (κ3) is 4.54. The third-order valence-electron chi connectivity index (χ3n) is 6.61. The molecule has 0 heterocycles. The van der Waals surface area contributed by atoms with Gasteiger partial charge in [-0.25, -0.2) is 5.43 Å².